The van der Waals surface area contributed by atoms with Gasteiger partial charge in [0, 0.05) is 6.54 Å². The van der Waals surface area contributed by atoms with Crippen LogP contribution < -0.4 is 4.72 Å². The molecule has 1 fully saturated rings. The summed E-state index contributed by atoms with van der Waals surface area (Å²) in [6.07, 6.45) is 4.45. The average molecular weight is 318 g/mol. The SMILES string of the molecule is CC1CCCCC1CNS(=O)(=O)c1scnc1C(=O)O. The Morgan fingerprint density at radius 3 is 2.85 bits per heavy atom. The Kier molecular flexibility index (Phi) is 4.77. The van der Waals surface area contributed by atoms with Gasteiger partial charge in [0.25, 0.3) is 10.0 Å². The Balaban J connectivity index is 2.07. The molecule has 0 amide bonds. The minimum Gasteiger partial charge on any atom is -0.476 e. The molecule has 0 saturated heterocycles. The van der Waals surface area contributed by atoms with Crippen molar-refractivity contribution in [2.45, 2.75) is 36.8 Å². The summed E-state index contributed by atoms with van der Waals surface area (Å²) in [7, 11) is -3.79. The predicted molar refractivity (Wildman–Crippen MR) is 75.4 cm³/mol. The van der Waals surface area contributed by atoms with E-state index in [1.54, 1.807) is 0 Å². The molecule has 1 aromatic rings. The van der Waals surface area contributed by atoms with Gasteiger partial charge in [0.1, 0.15) is 0 Å². The van der Waals surface area contributed by atoms with Gasteiger partial charge in [-0.15, -0.1) is 11.3 Å². The van der Waals surface area contributed by atoms with E-state index < -0.39 is 21.7 Å². The molecule has 2 rings (SSSR count). The van der Waals surface area contributed by atoms with Gasteiger partial charge in [-0.25, -0.2) is 22.9 Å². The van der Waals surface area contributed by atoms with Crippen molar-refractivity contribution >= 4 is 27.3 Å². The summed E-state index contributed by atoms with van der Waals surface area (Å²) in [6, 6.07) is 0. The molecular formula is C12H18N2O4S2. The first-order chi connectivity index (χ1) is 9.42. The molecule has 1 heterocycles. The van der Waals surface area contributed by atoms with Crippen LogP contribution in [0.3, 0.4) is 0 Å². The number of hydrogen-bond acceptors (Lipinski definition) is 5. The van der Waals surface area contributed by atoms with E-state index >= 15 is 0 Å². The fourth-order valence-electron chi connectivity index (χ4n) is 2.55. The van der Waals surface area contributed by atoms with Crippen molar-refractivity contribution in [3.05, 3.63) is 11.2 Å². The molecule has 2 N–H and O–H groups in total. The van der Waals surface area contributed by atoms with Crippen LogP contribution in [0.5, 0.6) is 0 Å². The van der Waals surface area contributed by atoms with Crippen LogP contribution in [0.15, 0.2) is 9.72 Å². The van der Waals surface area contributed by atoms with E-state index in [0.29, 0.717) is 18.4 Å². The first-order valence-electron chi connectivity index (χ1n) is 6.58. The van der Waals surface area contributed by atoms with E-state index in [0.717, 1.165) is 30.6 Å². The topological polar surface area (TPSA) is 96.4 Å². The van der Waals surface area contributed by atoms with Gasteiger partial charge in [-0.3, -0.25) is 0 Å². The van der Waals surface area contributed by atoms with Crippen molar-refractivity contribution in [1.82, 2.24) is 9.71 Å². The van der Waals surface area contributed by atoms with Crippen molar-refractivity contribution in [1.29, 1.82) is 0 Å². The summed E-state index contributed by atoms with van der Waals surface area (Å²) in [4.78, 5) is 14.5. The van der Waals surface area contributed by atoms with Gasteiger partial charge in [-0.2, -0.15) is 0 Å². The van der Waals surface area contributed by atoms with Gasteiger partial charge in [-0.05, 0) is 18.3 Å². The van der Waals surface area contributed by atoms with E-state index in [-0.39, 0.29) is 4.21 Å². The largest absolute Gasteiger partial charge is 0.476 e. The molecule has 2 atom stereocenters. The van der Waals surface area contributed by atoms with Gasteiger partial charge in [-0.1, -0.05) is 26.2 Å². The average Bonchev–Trinajstić information content (AvgIpc) is 2.88. The van der Waals surface area contributed by atoms with E-state index in [4.69, 9.17) is 5.11 Å². The molecule has 1 aromatic heterocycles. The molecule has 20 heavy (non-hydrogen) atoms. The fourth-order valence-corrected chi connectivity index (χ4v) is 4.82. The summed E-state index contributed by atoms with van der Waals surface area (Å²) in [5, 5.41) is 8.93. The Hall–Kier alpha value is -0.990. The van der Waals surface area contributed by atoms with Crippen LogP contribution in [-0.4, -0.2) is 31.0 Å². The van der Waals surface area contributed by atoms with Crippen molar-refractivity contribution < 1.29 is 18.3 Å². The number of rotatable bonds is 5. The molecule has 112 valence electrons. The number of nitrogens with one attached hydrogen (secondary N) is 1. The number of thiazole rings is 1. The molecule has 1 aliphatic rings. The van der Waals surface area contributed by atoms with Gasteiger partial charge in [0.2, 0.25) is 0 Å². The zero-order chi connectivity index (χ0) is 14.8. The highest BCUT2D eigenvalue weighted by molar-refractivity contribution is 7.91. The maximum Gasteiger partial charge on any atom is 0.356 e. The number of nitrogens with zero attached hydrogens (tertiary/aromatic N) is 1. The quantitative estimate of drug-likeness (QED) is 0.865. The number of aromatic carboxylic acids is 1. The maximum absolute atomic E-state index is 12.2. The lowest BCUT2D eigenvalue weighted by Gasteiger charge is -2.28. The molecule has 0 aliphatic heterocycles. The maximum atomic E-state index is 12.2. The summed E-state index contributed by atoms with van der Waals surface area (Å²) < 4.78 is 26.6. The van der Waals surface area contributed by atoms with Gasteiger partial charge in [0.15, 0.2) is 9.90 Å². The molecule has 2 unspecified atom stereocenters. The van der Waals surface area contributed by atoms with Crippen LogP contribution in [0.25, 0.3) is 0 Å². The van der Waals surface area contributed by atoms with Crippen LogP contribution in [0.4, 0.5) is 0 Å². The van der Waals surface area contributed by atoms with Gasteiger partial charge < -0.3 is 5.11 Å². The second kappa shape index (κ2) is 6.19. The second-order valence-corrected chi connectivity index (χ2v) is 7.98. The zero-order valence-corrected chi connectivity index (χ0v) is 12.8. The summed E-state index contributed by atoms with van der Waals surface area (Å²) >= 11 is 0.830. The monoisotopic (exact) mass is 318 g/mol. The molecule has 6 nitrogen and oxygen atoms in total. The highest BCUT2D eigenvalue weighted by atomic mass is 32.2. The first-order valence-corrected chi connectivity index (χ1v) is 8.94. The van der Waals surface area contributed by atoms with E-state index in [1.165, 1.54) is 11.9 Å². The predicted octanol–water partition coefficient (Wildman–Crippen LogP) is 1.95. The lowest BCUT2D eigenvalue weighted by Crippen LogP contribution is -2.33. The smallest absolute Gasteiger partial charge is 0.356 e. The minimum atomic E-state index is -3.79. The van der Waals surface area contributed by atoms with Crippen LogP contribution in [0, 0.1) is 11.8 Å². The van der Waals surface area contributed by atoms with Crippen LogP contribution >= 0.6 is 11.3 Å². The third kappa shape index (κ3) is 3.36. The lowest BCUT2D eigenvalue weighted by molar-refractivity contribution is 0.0687. The van der Waals surface area contributed by atoms with Crippen molar-refractivity contribution in [2.75, 3.05) is 6.54 Å². The first kappa shape index (κ1) is 15.4. The van der Waals surface area contributed by atoms with Gasteiger partial charge >= 0.3 is 5.97 Å². The Morgan fingerprint density at radius 1 is 1.50 bits per heavy atom. The minimum absolute atomic E-state index is 0.214. The normalized spacial score (nSPS) is 23.6. The van der Waals surface area contributed by atoms with Crippen LogP contribution in [0.2, 0.25) is 0 Å². The van der Waals surface area contributed by atoms with Crippen molar-refractivity contribution in [3.8, 4) is 0 Å². The fraction of sp³-hybridized carbons (Fsp3) is 0.667. The summed E-state index contributed by atoms with van der Waals surface area (Å²) in [6.45, 7) is 2.49. The number of carboxylic acids is 1. The summed E-state index contributed by atoms with van der Waals surface area (Å²) in [5.41, 5.74) is 0.834. The zero-order valence-electron chi connectivity index (χ0n) is 11.2. The summed E-state index contributed by atoms with van der Waals surface area (Å²) in [5.74, 6) is -0.510. The van der Waals surface area contributed by atoms with E-state index in [2.05, 4.69) is 16.6 Å². The molecule has 1 saturated carbocycles. The van der Waals surface area contributed by atoms with E-state index in [1.807, 2.05) is 0 Å². The standard InChI is InChI=1S/C12H18N2O4S2/c1-8-4-2-3-5-9(8)6-14-20(17,18)12-10(11(15)16)13-7-19-12/h7-9,14H,2-6H2,1H3,(H,15,16). The third-order valence-electron chi connectivity index (χ3n) is 3.81. The molecular weight excluding hydrogens is 300 g/mol. The molecule has 0 radical (unpaired) electrons. The highest BCUT2D eigenvalue weighted by Gasteiger charge is 2.28. The molecule has 0 bridgehead atoms. The molecule has 8 heteroatoms. The van der Waals surface area contributed by atoms with Gasteiger partial charge in [0.05, 0.1) is 5.51 Å². The lowest BCUT2D eigenvalue weighted by atomic mass is 9.81. The Bertz CT molecular complexity index is 582. The number of aromatic nitrogens is 1. The third-order valence-corrected chi connectivity index (χ3v) is 6.60. The van der Waals surface area contributed by atoms with Crippen molar-refractivity contribution in [3.63, 3.8) is 0 Å². The second-order valence-electron chi connectivity index (χ2n) is 5.17. The Labute approximate surface area is 122 Å². The number of sulfonamides is 1. The molecule has 0 aromatic carbocycles. The van der Waals surface area contributed by atoms with Crippen LogP contribution in [0.1, 0.15) is 43.1 Å². The molecule has 1 aliphatic carbocycles. The Morgan fingerprint density at radius 2 is 2.20 bits per heavy atom. The number of hydrogen-bond donors (Lipinski definition) is 2. The van der Waals surface area contributed by atoms with Crippen molar-refractivity contribution in [2.24, 2.45) is 11.8 Å². The number of carboxylic acid groups (broad SMARTS) is 1. The number of carbonyl (C=O) groups is 1. The van der Waals surface area contributed by atoms with E-state index in [9.17, 15) is 13.2 Å². The van der Waals surface area contributed by atoms with Crippen LogP contribution in [-0.2, 0) is 10.0 Å². The molecule has 0 spiro atoms. The highest BCUT2D eigenvalue weighted by Crippen LogP contribution is 2.29.